The van der Waals surface area contributed by atoms with E-state index in [4.69, 9.17) is 5.73 Å². The number of halogens is 2. The second-order valence-corrected chi connectivity index (χ2v) is 6.71. The van der Waals surface area contributed by atoms with Crippen LogP contribution in [0.4, 0.5) is 0 Å². The Morgan fingerprint density at radius 3 is 2.57 bits per heavy atom. The molecule has 1 aliphatic rings. The summed E-state index contributed by atoms with van der Waals surface area (Å²) >= 11 is 7.07. The molecule has 2 aromatic carbocycles. The van der Waals surface area contributed by atoms with Gasteiger partial charge >= 0.3 is 0 Å². The molecule has 0 saturated carbocycles. The summed E-state index contributed by atoms with van der Waals surface area (Å²) in [5.41, 5.74) is 8.53. The van der Waals surface area contributed by atoms with Gasteiger partial charge in [0.1, 0.15) is 0 Å². The normalized spacial score (nSPS) is 17.9. The van der Waals surface area contributed by atoms with E-state index in [1.165, 1.54) is 11.1 Å². The van der Waals surface area contributed by atoms with Crippen LogP contribution in [0.3, 0.4) is 0 Å². The summed E-state index contributed by atoms with van der Waals surface area (Å²) in [5.74, 6) is 0.614. The van der Waals surface area contributed by atoms with Crippen molar-refractivity contribution >= 4 is 37.8 Å². The van der Waals surface area contributed by atoms with Crippen LogP contribution in [0.15, 0.2) is 62.5 Å². The lowest BCUT2D eigenvalue weighted by molar-refractivity contribution is 0.340. The summed E-state index contributed by atoms with van der Waals surface area (Å²) in [6, 6.07) is 16.8. The number of nitrogens with two attached hydrogens (primary N) is 1. The molecule has 0 aliphatic carbocycles. The van der Waals surface area contributed by atoms with Crippen molar-refractivity contribution < 1.29 is 0 Å². The predicted molar refractivity (Wildman–Crippen MR) is 93.1 cm³/mol. The van der Waals surface area contributed by atoms with E-state index >= 15 is 0 Å². The molecule has 0 radical (unpaired) electrons. The Balaban J connectivity index is 1.86. The van der Waals surface area contributed by atoms with Crippen LogP contribution in [-0.2, 0) is 6.54 Å². The lowest BCUT2D eigenvalue weighted by Gasteiger charge is -2.27. The summed E-state index contributed by atoms with van der Waals surface area (Å²) in [6.07, 6.45) is 0. The zero-order valence-corrected chi connectivity index (χ0v) is 14.5. The zero-order valence-electron chi connectivity index (χ0n) is 11.3. The van der Waals surface area contributed by atoms with Gasteiger partial charge in [0.2, 0.25) is 0 Å². The van der Waals surface area contributed by atoms with Crippen molar-refractivity contribution in [3.8, 4) is 0 Å². The van der Waals surface area contributed by atoms with Gasteiger partial charge in [-0.15, -0.1) is 0 Å². The molecule has 0 aromatic heterocycles. The van der Waals surface area contributed by atoms with Gasteiger partial charge in [0, 0.05) is 15.5 Å². The van der Waals surface area contributed by atoms with E-state index in [0.717, 1.165) is 15.5 Å². The van der Waals surface area contributed by atoms with Crippen molar-refractivity contribution in [2.45, 2.75) is 12.6 Å². The van der Waals surface area contributed by atoms with Crippen molar-refractivity contribution in [2.75, 3.05) is 6.54 Å². The molecule has 1 unspecified atom stereocenters. The van der Waals surface area contributed by atoms with Gasteiger partial charge in [0.25, 0.3) is 0 Å². The summed E-state index contributed by atoms with van der Waals surface area (Å²) in [4.78, 5) is 6.57. The fraction of sp³-hybridized carbons (Fsp3) is 0.188. The highest BCUT2D eigenvalue weighted by Crippen LogP contribution is 2.32. The van der Waals surface area contributed by atoms with Crippen LogP contribution in [0.25, 0.3) is 0 Å². The average molecular weight is 409 g/mol. The van der Waals surface area contributed by atoms with Gasteiger partial charge in [0.05, 0.1) is 12.6 Å². The monoisotopic (exact) mass is 407 g/mol. The largest absolute Gasteiger partial charge is 0.370 e. The number of hydrogen-bond acceptors (Lipinski definition) is 3. The molecular formula is C16H15Br2N3. The standard InChI is InChI=1S/C16H15Br2N3/c17-13-7-6-12(8-14(13)18)15-9-20-16(19)21(15)10-11-4-2-1-3-5-11/h1-8,15H,9-10H2,(H2,19,20). The average Bonchev–Trinajstić information content (AvgIpc) is 2.85. The second kappa shape index (κ2) is 6.20. The van der Waals surface area contributed by atoms with Crippen LogP contribution >= 0.6 is 31.9 Å². The van der Waals surface area contributed by atoms with Crippen LogP contribution in [-0.4, -0.2) is 17.4 Å². The summed E-state index contributed by atoms with van der Waals surface area (Å²) in [7, 11) is 0. The first-order chi connectivity index (χ1) is 10.1. The minimum absolute atomic E-state index is 0.189. The van der Waals surface area contributed by atoms with E-state index < -0.39 is 0 Å². The Morgan fingerprint density at radius 2 is 1.86 bits per heavy atom. The summed E-state index contributed by atoms with van der Waals surface area (Å²) in [6.45, 7) is 1.47. The zero-order chi connectivity index (χ0) is 14.8. The molecule has 0 amide bonds. The summed E-state index contributed by atoms with van der Waals surface area (Å²) in [5, 5.41) is 0. The number of hydrogen-bond donors (Lipinski definition) is 1. The smallest absolute Gasteiger partial charge is 0.192 e. The minimum atomic E-state index is 0.189. The topological polar surface area (TPSA) is 41.6 Å². The molecule has 3 nitrogen and oxygen atoms in total. The van der Waals surface area contributed by atoms with E-state index in [1.54, 1.807) is 0 Å². The van der Waals surface area contributed by atoms with Crippen molar-refractivity contribution in [1.29, 1.82) is 0 Å². The number of nitrogens with zero attached hydrogens (tertiary/aromatic N) is 2. The molecule has 0 saturated heterocycles. The molecule has 3 rings (SSSR count). The molecule has 1 atom stereocenters. The molecule has 2 aromatic rings. The highest BCUT2D eigenvalue weighted by Gasteiger charge is 2.27. The van der Waals surface area contributed by atoms with Gasteiger partial charge < -0.3 is 10.6 Å². The number of rotatable bonds is 3. The van der Waals surface area contributed by atoms with E-state index in [-0.39, 0.29) is 6.04 Å². The minimum Gasteiger partial charge on any atom is -0.370 e. The fourth-order valence-electron chi connectivity index (χ4n) is 2.51. The third-order valence-electron chi connectivity index (χ3n) is 3.62. The first-order valence-corrected chi connectivity index (χ1v) is 8.29. The van der Waals surface area contributed by atoms with Gasteiger partial charge in [0.15, 0.2) is 5.96 Å². The van der Waals surface area contributed by atoms with Gasteiger partial charge in [-0.2, -0.15) is 0 Å². The van der Waals surface area contributed by atoms with Crippen LogP contribution in [0.1, 0.15) is 17.2 Å². The van der Waals surface area contributed by atoms with Crippen LogP contribution in [0, 0.1) is 0 Å². The molecule has 0 fully saturated rings. The van der Waals surface area contributed by atoms with Gasteiger partial charge in [-0.05, 0) is 55.1 Å². The Kier molecular flexibility index (Phi) is 4.31. The third-order valence-corrected chi connectivity index (χ3v) is 5.50. The van der Waals surface area contributed by atoms with E-state index in [9.17, 15) is 0 Å². The molecule has 5 heteroatoms. The Labute approximate surface area is 141 Å². The van der Waals surface area contributed by atoms with Gasteiger partial charge in [-0.25, -0.2) is 0 Å². The Hall–Kier alpha value is -1.33. The highest BCUT2D eigenvalue weighted by molar-refractivity contribution is 9.13. The van der Waals surface area contributed by atoms with E-state index in [0.29, 0.717) is 12.5 Å². The quantitative estimate of drug-likeness (QED) is 0.831. The third kappa shape index (κ3) is 3.14. The number of aliphatic imine (C=N–C) groups is 1. The first-order valence-electron chi connectivity index (χ1n) is 6.70. The van der Waals surface area contributed by atoms with E-state index in [2.05, 4.69) is 72.1 Å². The fourth-order valence-corrected chi connectivity index (χ4v) is 3.15. The molecule has 108 valence electrons. The van der Waals surface area contributed by atoms with Crippen molar-refractivity contribution in [2.24, 2.45) is 10.7 Å². The molecule has 21 heavy (non-hydrogen) atoms. The molecule has 0 spiro atoms. The SMILES string of the molecule is NC1=NCC(c2ccc(Br)c(Br)c2)N1Cc1ccccc1. The van der Waals surface area contributed by atoms with Crippen LogP contribution in [0.2, 0.25) is 0 Å². The number of guanidine groups is 1. The maximum absolute atomic E-state index is 6.08. The van der Waals surface area contributed by atoms with Crippen molar-refractivity contribution in [3.05, 3.63) is 68.6 Å². The molecule has 2 N–H and O–H groups in total. The van der Waals surface area contributed by atoms with Crippen molar-refractivity contribution in [1.82, 2.24) is 4.90 Å². The lowest BCUT2D eigenvalue weighted by Crippen LogP contribution is -2.35. The van der Waals surface area contributed by atoms with Gasteiger partial charge in [-0.1, -0.05) is 36.4 Å². The molecule has 1 heterocycles. The predicted octanol–water partition coefficient (Wildman–Crippen LogP) is 4.08. The maximum atomic E-state index is 6.08. The van der Waals surface area contributed by atoms with Crippen LogP contribution < -0.4 is 5.73 Å². The molecule has 1 aliphatic heterocycles. The second-order valence-electron chi connectivity index (χ2n) is 5.00. The summed E-state index contributed by atoms with van der Waals surface area (Å²) < 4.78 is 2.10. The number of benzene rings is 2. The highest BCUT2D eigenvalue weighted by atomic mass is 79.9. The lowest BCUT2D eigenvalue weighted by atomic mass is 10.1. The van der Waals surface area contributed by atoms with Crippen molar-refractivity contribution in [3.63, 3.8) is 0 Å². The molecular weight excluding hydrogens is 394 g/mol. The molecule has 0 bridgehead atoms. The maximum Gasteiger partial charge on any atom is 0.192 e. The van der Waals surface area contributed by atoms with Crippen LogP contribution in [0.5, 0.6) is 0 Å². The van der Waals surface area contributed by atoms with E-state index in [1.807, 2.05) is 18.2 Å². The van der Waals surface area contributed by atoms with Gasteiger partial charge in [-0.3, -0.25) is 4.99 Å². The Bertz CT molecular complexity index is 670. The first kappa shape index (κ1) is 14.6. The Morgan fingerprint density at radius 1 is 1.10 bits per heavy atom.